The molecule has 1 aromatic rings. The monoisotopic (exact) mass is 361 g/mol. The van der Waals surface area contributed by atoms with Crippen molar-refractivity contribution in [1.82, 2.24) is 10.2 Å². The maximum atomic E-state index is 12.2. The zero-order valence-electron chi connectivity index (χ0n) is 15.6. The number of ether oxygens (including phenoxy) is 1. The van der Waals surface area contributed by atoms with Crippen molar-refractivity contribution in [3.05, 3.63) is 29.8 Å². The second-order valence-electron chi connectivity index (χ2n) is 7.30. The van der Waals surface area contributed by atoms with Crippen LogP contribution in [0.25, 0.3) is 0 Å². The third-order valence-electron chi connectivity index (χ3n) is 3.85. The Morgan fingerprint density at radius 1 is 1.15 bits per heavy atom. The molecule has 1 aliphatic rings. The molecule has 7 nitrogen and oxygen atoms in total. The highest BCUT2D eigenvalue weighted by molar-refractivity contribution is 5.96. The Bertz CT molecular complexity index is 661. The van der Waals surface area contributed by atoms with Gasteiger partial charge in [0.15, 0.2) is 0 Å². The summed E-state index contributed by atoms with van der Waals surface area (Å²) in [7, 11) is 0. The number of carbonyl (C=O) groups is 3. The van der Waals surface area contributed by atoms with Crippen molar-refractivity contribution in [3.8, 4) is 0 Å². The molecule has 0 aromatic heterocycles. The van der Waals surface area contributed by atoms with Crippen LogP contribution in [0.2, 0.25) is 0 Å². The number of amides is 3. The number of rotatable bonds is 5. The molecule has 0 bridgehead atoms. The summed E-state index contributed by atoms with van der Waals surface area (Å²) in [6.07, 6.45) is 1.82. The van der Waals surface area contributed by atoms with Crippen molar-refractivity contribution < 1.29 is 19.1 Å². The summed E-state index contributed by atoms with van der Waals surface area (Å²) in [4.78, 5) is 37.8. The first kappa shape index (κ1) is 19.8. The number of likely N-dealkylation sites (tertiary alicyclic amines) is 1. The summed E-state index contributed by atoms with van der Waals surface area (Å²) in [5.74, 6) is -0.213. The highest BCUT2D eigenvalue weighted by Crippen LogP contribution is 2.14. The van der Waals surface area contributed by atoms with Crippen molar-refractivity contribution in [1.29, 1.82) is 0 Å². The number of nitrogens with zero attached hydrogens (tertiary/aromatic N) is 1. The number of carbonyl (C=O) groups excluding carboxylic acids is 3. The lowest BCUT2D eigenvalue weighted by Gasteiger charge is -2.19. The number of hydrogen-bond acceptors (Lipinski definition) is 4. The number of anilines is 1. The summed E-state index contributed by atoms with van der Waals surface area (Å²) in [5, 5.41) is 5.34. The van der Waals surface area contributed by atoms with Crippen LogP contribution < -0.4 is 10.6 Å². The normalized spacial score (nSPS) is 14.0. The Balaban J connectivity index is 1.83. The minimum absolute atomic E-state index is 0.0724. The molecule has 0 saturated carbocycles. The van der Waals surface area contributed by atoms with Crippen molar-refractivity contribution in [2.75, 3.05) is 25.0 Å². The maximum Gasteiger partial charge on any atom is 0.412 e. The molecule has 0 atom stereocenters. The quantitative estimate of drug-likeness (QED) is 0.844. The van der Waals surface area contributed by atoms with Gasteiger partial charge in [-0.25, -0.2) is 4.79 Å². The predicted octanol–water partition coefficient (Wildman–Crippen LogP) is 2.78. The van der Waals surface area contributed by atoms with Crippen molar-refractivity contribution in [2.45, 2.75) is 45.6 Å². The van der Waals surface area contributed by atoms with Gasteiger partial charge in [-0.2, -0.15) is 0 Å². The summed E-state index contributed by atoms with van der Waals surface area (Å²) in [5.41, 5.74) is 0.285. The molecule has 2 N–H and O–H groups in total. The topological polar surface area (TPSA) is 87.7 Å². The summed E-state index contributed by atoms with van der Waals surface area (Å²) >= 11 is 0. The Morgan fingerprint density at radius 2 is 1.85 bits per heavy atom. The van der Waals surface area contributed by atoms with Crippen LogP contribution in [0, 0.1) is 0 Å². The van der Waals surface area contributed by atoms with E-state index >= 15 is 0 Å². The Hall–Kier alpha value is -2.57. The Kier molecular flexibility index (Phi) is 6.60. The van der Waals surface area contributed by atoms with E-state index in [0.717, 1.165) is 25.9 Å². The number of benzene rings is 1. The molecule has 1 heterocycles. The lowest BCUT2D eigenvalue weighted by molar-refractivity contribution is -0.129. The summed E-state index contributed by atoms with van der Waals surface area (Å²) in [6.45, 7) is 7.24. The first-order valence-corrected chi connectivity index (χ1v) is 8.91. The third-order valence-corrected chi connectivity index (χ3v) is 3.85. The average molecular weight is 361 g/mol. The molecule has 2 rings (SSSR count). The molecule has 0 unspecified atom stereocenters. The largest absolute Gasteiger partial charge is 0.444 e. The van der Waals surface area contributed by atoms with E-state index < -0.39 is 11.7 Å². The van der Waals surface area contributed by atoms with Crippen LogP contribution in [-0.2, 0) is 9.53 Å². The molecule has 1 fully saturated rings. The molecule has 1 aliphatic heterocycles. The highest BCUT2D eigenvalue weighted by atomic mass is 16.6. The molecule has 1 saturated heterocycles. The SMILES string of the molecule is CC(C)(C)OC(=O)Nc1cccc(C(=O)NCCC(=O)N2CCCC2)c1. The zero-order valence-corrected chi connectivity index (χ0v) is 15.6. The van der Waals surface area contributed by atoms with Gasteiger partial charge in [0.05, 0.1) is 0 Å². The Labute approximate surface area is 154 Å². The van der Waals surface area contributed by atoms with Crippen LogP contribution in [0.4, 0.5) is 10.5 Å². The van der Waals surface area contributed by atoms with E-state index in [1.54, 1.807) is 45.0 Å². The minimum atomic E-state index is -0.596. The van der Waals surface area contributed by atoms with E-state index in [1.165, 1.54) is 0 Å². The van der Waals surface area contributed by atoms with E-state index in [9.17, 15) is 14.4 Å². The lowest BCUT2D eigenvalue weighted by Crippen LogP contribution is -2.32. The second kappa shape index (κ2) is 8.69. The van der Waals surface area contributed by atoms with Gasteiger partial charge in [0.1, 0.15) is 5.60 Å². The van der Waals surface area contributed by atoms with E-state index in [1.807, 2.05) is 4.90 Å². The highest BCUT2D eigenvalue weighted by Gasteiger charge is 2.18. The third kappa shape index (κ3) is 6.38. The van der Waals surface area contributed by atoms with E-state index in [0.29, 0.717) is 17.7 Å². The van der Waals surface area contributed by atoms with Crippen LogP contribution in [0.15, 0.2) is 24.3 Å². The summed E-state index contributed by atoms with van der Waals surface area (Å²) in [6, 6.07) is 6.58. The molecular formula is C19H27N3O4. The number of nitrogens with one attached hydrogen (secondary N) is 2. The van der Waals surface area contributed by atoms with Gasteiger partial charge in [-0.05, 0) is 51.8 Å². The van der Waals surface area contributed by atoms with E-state index in [-0.39, 0.29) is 18.4 Å². The van der Waals surface area contributed by atoms with E-state index in [2.05, 4.69) is 10.6 Å². The van der Waals surface area contributed by atoms with Gasteiger partial charge in [0.2, 0.25) is 5.91 Å². The lowest BCUT2D eigenvalue weighted by atomic mass is 10.2. The molecule has 7 heteroatoms. The van der Waals surface area contributed by atoms with Crippen LogP contribution in [0.5, 0.6) is 0 Å². The smallest absolute Gasteiger partial charge is 0.412 e. The first-order valence-electron chi connectivity index (χ1n) is 8.91. The van der Waals surface area contributed by atoms with E-state index in [4.69, 9.17) is 4.74 Å². The minimum Gasteiger partial charge on any atom is -0.444 e. The molecule has 26 heavy (non-hydrogen) atoms. The van der Waals surface area contributed by atoms with Gasteiger partial charge >= 0.3 is 6.09 Å². The summed E-state index contributed by atoms with van der Waals surface area (Å²) < 4.78 is 5.19. The fourth-order valence-corrected chi connectivity index (χ4v) is 2.67. The second-order valence-corrected chi connectivity index (χ2v) is 7.30. The zero-order chi connectivity index (χ0) is 19.2. The average Bonchev–Trinajstić information content (AvgIpc) is 3.07. The van der Waals surface area contributed by atoms with Crippen molar-refractivity contribution in [3.63, 3.8) is 0 Å². The molecule has 3 amide bonds. The number of hydrogen-bond donors (Lipinski definition) is 2. The van der Waals surface area contributed by atoms with Crippen LogP contribution in [0.3, 0.4) is 0 Å². The van der Waals surface area contributed by atoms with Crippen LogP contribution in [-0.4, -0.2) is 48.0 Å². The van der Waals surface area contributed by atoms with Crippen molar-refractivity contribution >= 4 is 23.6 Å². The molecule has 1 aromatic carbocycles. The van der Waals surface area contributed by atoms with Crippen LogP contribution >= 0.6 is 0 Å². The molecular weight excluding hydrogens is 334 g/mol. The first-order chi connectivity index (χ1) is 12.2. The molecule has 0 radical (unpaired) electrons. The van der Waals surface area contributed by atoms with Gasteiger partial charge < -0.3 is 15.0 Å². The Morgan fingerprint density at radius 3 is 2.50 bits per heavy atom. The standard InChI is InChI=1S/C19H27N3O4/c1-19(2,3)26-18(25)21-15-8-6-7-14(13-15)17(24)20-10-9-16(23)22-11-4-5-12-22/h6-8,13H,4-5,9-12H2,1-3H3,(H,20,24)(H,21,25). The van der Waals surface area contributed by atoms with Gasteiger partial charge in [-0.15, -0.1) is 0 Å². The molecule has 0 spiro atoms. The van der Waals surface area contributed by atoms with Gasteiger partial charge in [0.25, 0.3) is 5.91 Å². The van der Waals surface area contributed by atoms with Gasteiger partial charge in [-0.1, -0.05) is 6.07 Å². The molecule has 0 aliphatic carbocycles. The molecule has 142 valence electrons. The van der Waals surface area contributed by atoms with Gasteiger partial charge in [0, 0.05) is 37.3 Å². The fourth-order valence-electron chi connectivity index (χ4n) is 2.67. The fraction of sp³-hybridized carbons (Fsp3) is 0.526. The van der Waals surface area contributed by atoms with Crippen LogP contribution in [0.1, 0.15) is 50.4 Å². The van der Waals surface area contributed by atoms with Crippen molar-refractivity contribution in [2.24, 2.45) is 0 Å². The predicted molar refractivity (Wildman–Crippen MR) is 99.1 cm³/mol. The maximum absolute atomic E-state index is 12.2. The van der Waals surface area contributed by atoms with Gasteiger partial charge in [-0.3, -0.25) is 14.9 Å².